The minimum absolute atomic E-state index is 0. The third-order valence-electron chi connectivity index (χ3n) is 6.14. The SMILES string of the molecule is C/C(=N\c1c(C)cc(Cc2cc(C)c(/N=C(\C)c3ccccn3)c(C)c2)cc1C)c1ccccn1.[Br-].[Br-].[Br-].[Br-].[Pd+2].[Pd+2]. The molecular weight excluding hydrogens is 961 g/mol. The fraction of sp³-hybridized carbons (Fsp3) is 0.226. The second kappa shape index (κ2) is 21.1. The van der Waals surface area contributed by atoms with Crippen molar-refractivity contribution in [2.45, 2.75) is 48.0 Å². The van der Waals surface area contributed by atoms with E-state index in [4.69, 9.17) is 9.98 Å². The smallest absolute Gasteiger partial charge is 1.00 e. The summed E-state index contributed by atoms with van der Waals surface area (Å²) in [5, 5.41) is 0. The van der Waals surface area contributed by atoms with Crippen molar-refractivity contribution in [3.05, 3.63) is 118 Å². The van der Waals surface area contributed by atoms with E-state index in [1.165, 1.54) is 33.4 Å². The molecule has 4 rings (SSSR count). The quantitative estimate of drug-likeness (QED) is 0.145. The van der Waals surface area contributed by atoms with Gasteiger partial charge in [0.05, 0.1) is 34.2 Å². The molecule has 41 heavy (non-hydrogen) atoms. The van der Waals surface area contributed by atoms with Crippen LogP contribution in [0.3, 0.4) is 0 Å². The zero-order valence-corrected chi connectivity index (χ0v) is 33.0. The molecule has 0 unspecified atom stereocenters. The van der Waals surface area contributed by atoms with Gasteiger partial charge in [-0.05, 0) is 106 Å². The molecule has 0 aliphatic heterocycles. The summed E-state index contributed by atoms with van der Waals surface area (Å²) < 4.78 is 0. The van der Waals surface area contributed by atoms with Gasteiger partial charge in [0.1, 0.15) is 0 Å². The number of hydrogen-bond donors (Lipinski definition) is 0. The van der Waals surface area contributed by atoms with E-state index in [9.17, 15) is 0 Å². The average Bonchev–Trinajstić information content (AvgIpc) is 2.84. The Morgan fingerprint density at radius 1 is 0.561 bits per heavy atom. The van der Waals surface area contributed by atoms with Gasteiger partial charge in [0, 0.05) is 12.4 Å². The van der Waals surface area contributed by atoms with E-state index in [0.29, 0.717) is 0 Å². The number of pyridine rings is 2. The Kier molecular flexibility index (Phi) is 23.0. The van der Waals surface area contributed by atoms with Gasteiger partial charge in [-0.1, -0.05) is 36.4 Å². The molecule has 4 nitrogen and oxygen atoms in total. The molecule has 0 fully saturated rings. The van der Waals surface area contributed by atoms with Crippen LogP contribution in [-0.4, -0.2) is 21.4 Å². The fourth-order valence-electron chi connectivity index (χ4n) is 4.49. The van der Waals surface area contributed by atoms with E-state index >= 15 is 0 Å². The van der Waals surface area contributed by atoms with E-state index in [2.05, 4.69) is 61.9 Å². The number of aliphatic imine (C=N–C) groups is 2. The molecule has 0 atom stereocenters. The van der Waals surface area contributed by atoms with Crippen LogP contribution < -0.4 is 67.9 Å². The molecule has 0 amide bonds. The maximum atomic E-state index is 4.90. The molecular formula is C31H32Br4N4Pd2. The monoisotopic (exact) mass is 988 g/mol. The van der Waals surface area contributed by atoms with Gasteiger partial charge in [0.15, 0.2) is 0 Å². The van der Waals surface area contributed by atoms with Crippen molar-refractivity contribution in [2.75, 3.05) is 0 Å². The van der Waals surface area contributed by atoms with Crippen LogP contribution >= 0.6 is 0 Å². The standard InChI is InChI=1S/C31H32N4.4BrH.2Pd/c1-20-15-26(16-21(2)30(20)34-24(5)28-11-7-9-13-32-28)19-27-17-22(3)31(23(4)18-27)35-25(6)29-12-8-10-14-33-29;;;;;;/h7-18H,19H2,1-6H3;4*1H;;/q;;;;;2*+2/p-4/b34-24+,35-25+;;;;;;. The van der Waals surface area contributed by atoms with Crippen LogP contribution in [0.5, 0.6) is 0 Å². The normalized spacial score (nSPS) is 10.4. The molecule has 224 valence electrons. The second-order valence-electron chi connectivity index (χ2n) is 9.16. The van der Waals surface area contributed by atoms with Crippen molar-refractivity contribution in [3.63, 3.8) is 0 Å². The Labute approximate surface area is 314 Å². The number of nitrogens with zero attached hydrogens (tertiary/aromatic N) is 4. The van der Waals surface area contributed by atoms with Crippen molar-refractivity contribution in [1.29, 1.82) is 0 Å². The van der Waals surface area contributed by atoms with E-state index < -0.39 is 0 Å². The maximum Gasteiger partial charge on any atom is 2.00 e. The van der Waals surface area contributed by atoms with Gasteiger partial charge in [-0.25, -0.2) is 0 Å². The van der Waals surface area contributed by atoms with Gasteiger partial charge in [-0.15, -0.1) is 0 Å². The van der Waals surface area contributed by atoms with Crippen molar-refractivity contribution in [1.82, 2.24) is 9.97 Å². The minimum atomic E-state index is 0. The third kappa shape index (κ3) is 12.1. The van der Waals surface area contributed by atoms with Crippen molar-refractivity contribution < 1.29 is 109 Å². The first-order chi connectivity index (χ1) is 16.8. The van der Waals surface area contributed by atoms with Crippen LogP contribution in [0.2, 0.25) is 0 Å². The minimum Gasteiger partial charge on any atom is -1.00 e. The number of hydrogen-bond acceptors (Lipinski definition) is 4. The summed E-state index contributed by atoms with van der Waals surface area (Å²) in [7, 11) is 0. The zero-order valence-electron chi connectivity index (χ0n) is 23.6. The molecule has 2 aromatic carbocycles. The summed E-state index contributed by atoms with van der Waals surface area (Å²) in [6.07, 6.45) is 4.48. The zero-order chi connectivity index (χ0) is 24.9. The van der Waals surface area contributed by atoms with Crippen molar-refractivity contribution in [3.8, 4) is 0 Å². The predicted octanol–water partition coefficient (Wildman–Crippen LogP) is -4.41. The summed E-state index contributed by atoms with van der Waals surface area (Å²) in [6.45, 7) is 12.6. The van der Waals surface area contributed by atoms with E-state index in [1.54, 1.807) is 12.4 Å². The summed E-state index contributed by atoms with van der Waals surface area (Å²) >= 11 is 0. The number of aromatic nitrogens is 2. The molecule has 0 bridgehead atoms. The molecule has 2 heterocycles. The van der Waals surface area contributed by atoms with Crippen LogP contribution in [0.15, 0.2) is 83.0 Å². The summed E-state index contributed by atoms with van der Waals surface area (Å²) in [6, 6.07) is 20.8. The van der Waals surface area contributed by atoms with Crippen LogP contribution in [0.25, 0.3) is 0 Å². The Hall–Kier alpha value is -0.675. The first kappa shape index (κ1) is 44.8. The Morgan fingerprint density at radius 2 is 0.878 bits per heavy atom. The first-order valence-electron chi connectivity index (χ1n) is 12.0. The van der Waals surface area contributed by atoms with Crippen LogP contribution in [0.4, 0.5) is 11.4 Å². The first-order valence-corrected chi connectivity index (χ1v) is 12.0. The van der Waals surface area contributed by atoms with Crippen molar-refractivity contribution in [2.24, 2.45) is 9.98 Å². The number of rotatable bonds is 6. The molecule has 0 aliphatic rings. The van der Waals surface area contributed by atoms with E-state index in [1.807, 2.05) is 50.2 Å². The van der Waals surface area contributed by atoms with Crippen LogP contribution in [0.1, 0.15) is 58.6 Å². The van der Waals surface area contributed by atoms with Gasteiger partial charge in [0.25, 0.3) is 0 Å². The molecule has 4 aromatic rings. The molecule has 0 radical (unpaired) electrons. The summed E-state index contributed by atoms with van der Waals surface area (Å²) in [5.74, 6) is 0. The Bertz CT molecular complexity index is 1280. The van der Waals surface area contributed by atoms with Gasteiger partial charge >= 0.3 is 40.8 Å². The summed E-state index contributed by atoms with van der Waals surface area (Å²) in [4.78, 5) is 18.7. The van der Waals surface area contributed by atoms with Gasteiger partial charge in [-0.3, -0.25) is 20.0 Å². The Balaban J connectivity index is -0.00000241. The molecule has 2 aromatic heterocycles. The molecule has 10 heteroatoms. The molecule has 0 aliphatic carbocycles. The molecule has 0 saturated heterocycles. The third-order valence-corrected chi connectivity index (χ3v) is 6.14. The van der Waals surface area contributed by atoms with E-state index in [0.717, 1.165) is 40.6 Å². The van der Waals surface area contributed by atoms with E-state index in [-0.39, 0.29) is 109 Å². The number of halogens is 4. The Morgan fingerprint density at radius 3 is 1.15 bits per heavy atom. The topological polar surface area (TPSA) is 50.5 Å². The summed E-state index contributed by atoms with van der Waals surface area (Å²) in [5.41, 5.74) is 13.0. The van der Waals surface area contributed by atoms with Crippen LogP contribution in [-0.2, 0) is 47.3 Å². The van der Waals surface area contributed by atoms with Gasteiger partial charge in [-0.2, -0.15) is 0 Å². The largest absolute Gasteiger partial charge is 2.00 e. The maximum absolute atomic E-state index is 4.90. The van der Waals surface area contributed by atoms with Gasteiger partial charge < -0.3 is 67.9 Å². The number of aryl methyl sites for hydroxylation is 4. The average molecular weight is 993 g/mol. The number of benzene rings is 2. The predicted molar refractivity (Wildman–Crippen MR) is 147 cm³/mol. The van der Waals surface area contributed by atoms with Crippen LogP contribution in [0, 0.1) is 27.7 Å². The molecule has 0 saturated carbocycles. The molecule has 0 N–H and O–H groups in total. The second-order valence-corrected chi connectivity index (χ2v) is 9.16. The fourth-order valence-corrected chi connectivity index (χ4v) is 4.49. The van der Waals surface area contributed by atoms with Crippen molar-refractivity contribution >= 4 is 22.8 Å². The van der Waals surface area contributed by atoms with Gasteiger partial charge in [0.2, 0.25) is 0 Å². The molecule has 0 spiro atoms.